The molecule has 8 bridgehead atoms. The number of benzene rings is 4. The third-order valence-electron chi connectivity index (χ3n) is 7.07. The van der Waals surface area contributed by atoms with E-state index < -0.39 is 23.2 Å². The SMILES string of the molecule is [Cl-].[Cl-].c1ccc2c(c1)-c1c3cccc1[CH]2[Zr+2][CH]1c2ccccc2-c2c(cccc21)CC3. The van der Waals surface area contributed by atoms with Crippen LogP contribution in [0, 0.1) is 0 Å². The molecule has 0 saturated carbocycles. The third kappa shape index (κ3) is 2.97. The summed E-state index contributed by atoms with van der Waals surface area (Å²) in [5.74, 6) is 0. The van der Waals surface area contributed by atoms with Crippen LogP contribution in [0.5, 0.6) is 0 Å². The first-order valence-electron chi connectivity index (χ1n) is 10.6. The summed E-state index contributed by atoms with van der Waals surface area (Å²) in [7, 11) is 0. The van der Waals surface area contributed by atoms with E-state index in [-0.39, 0.29) is 24.8 Å². The quantitative estimate of drug-likeness (QED) is 0.322. The fraction of sp³-hybridized carbons (Fsp3) is 0.143. The van der Waals surface area contributed by atoms with Crippen LogP contribution >= 0.6 is 0 Å². The Labute approximate surface area is 207 Å². The average molecular weight is 519 g/mol. The number of halogens is 2. The van der Waals surface area contributed by atoms with Gasteiger partial charge in [-0.15, -0.1) is 0 Å². The van der Waals surface area contributed by atoms with E-state index in [0.717, 1.165) is 12.8 Å². The maximum atomic E-state index is 2.43. The van der Waals surface area contributed by atoms with Gasteiger partial charge in [-0.25, -0.2) is 0 Å². The number of fused-ring (bicyclic) bond motifs is 4. The van der Waals surface area contributed by atoms with E-state index in [1.165, 1.54) is 11.1 Å². The summed E-state index contributed by atoms with van der Waals surface area (Å²) in [5, 5.41) is 0. The van der Waals surface area contributed by atoms with Crippen LogP contribution in [0.25, 0.3) is 22.3 Å². The Morgan fingerprint density at radius 2 is 0.903 bits per heavy atom. The first-order valence-corrected chi connectivity index (χ1v) is 13.4. The Kier molecular flexibility index (Phi) is 5.50. The number of aryl methyl sites for hydroxylation is 2. The monoisotopic (exact) mass is 516 g/mol. The second kappa shape index (κ2) is 8.04. The van der Waals surface area contributed by atoms with Gasteiger partial charge in [0.15, 0.2) is 0 Å². The Morgan fingerprint density at radius 3 is 1.39 bits per heavy atom. The van der Waals surface area contributed by atoms with Gasteiger partial charge in [-0.1, -0.05) is 0 Å². The molecule has 4 aromatic rings. The van der Waals surface area contributed by atoms with Crippen molar-refractivity contribution >= 4 is 0 Å². The molecule has 1 aliphatic heterocycles. The standard InChI is InChI=1S/C28H20.2ClH.Zr/c1-3-13-25-21(7-1)17-23-11-5-9-19(27(23)25)15-16-20-10-6-12-24-18-22-8-2-4-14-26(22)28(20)24;;;/h1-14,17-18H,15-16H2;2*1H;/q;;;+2/p-2. The number of rotatable bonds is 0. The van der Waals surface area contributed by atoms with E-state index in [1.807, 2.05) is 0 Å². The summed E-state index contributed by atoms with van der Waals surface area (Å²) in [6, 6.07) is 32.8. The van der Waals surface area contributed by atoms with Gasteiger partial charge in [-0.2, -0.15) is 0 Å². The van der Waals surface area contributed by atoms with Crippen LogP contribution in [-0.4, -0.2) is 0 Å². The molecular weight excluding hydrogens is 498 g/mol. The minimum atomic E-state index is -0.839. The van der Waals surface area contributed by atoms with Crippen LogP contribution in [0.3, 0.4) is 0 Å². The molecule has 0 saturated heterocycles. The average Bonchev–Trinajstić information content (AvgIpc) is 3.27. The van der Waals surface area contributed by atoms with Crippen LogP contribution in [0.15, 0.2) is 84.9 Å². The van der Waals surface area contributed by atoms with E-state index in [9.17, 15) is 0 Å². The second-order valence-electron chi connectivity index (χ2n) is 8.47. The molecule has 0 nitrogen and oxygen atoms in total. The van der Waals surface area contributed by atoms with Crippen molar-refractivity contribution in [3.8, 4) is 22.3 Å². The van der Waals surface area contributed by atoms with Crippen molar-refractivity contribution in [1.82, 2.24) is 0 Å². The van der Waals surface area contributed by atoms with Gasteiger partial charge < -0.3 is 24.8 Å². The van der Waals surface area contributed by atoms with Crippen molar-refractivity contribution in [2.45, 2.75) is 20.1 Å². The predicted molar refractivity (Wildman–Crippen MR) is 115 cm³/mol. The summed E-state index contributed by atoms with van der Waals surface area (Å²) >= 11 is -0.839. The first kappa shape index (κ1) is 21.2. The van der Waals surface area contributed by atoms with Crippen molar-refractivity contribution in [2.24, 2.45) is 0 Å². The molecule has 3 heteroatoms. The zero-order chi connectivity index (χ0) is 18.9. The minimum absolute atomic E-state index is 0. The molecule has 2 atom stereocenters. The van der Waals surface area contributed by atoms with Gasteiger partial charge >= 0.3 is 184 Å². The van der Waals surface area contributed by atoms with E-state index in [1.54, 1.807) is 44.5 Å². The zero-order valence-corrected chi connectivity index (χ0v) is 20.9. The van der Waals surface area contributed by atoms with Crippen molar-refractivity contribution in [2.75, 3.05) is 0 Å². The fourth-order valence-electron chi connectivity index (χ4n) is 5.88. The van der Waals surface area contributed by atoms with Crippen molar-refractivity contribution < 1.29 is 48.0 Å². The molecule has 31 heavy (non-hydrogen) atoms. The van der Waals surface area contributed by atoms with E-state index in [2.05, 4.69) is 84.9 Å². The molecule has 7 rings (SSSR count). The van der Waals surface area contributed by atoms with Crippen LogP contribution in [0.4, 0.5) is 0 Å². The first-order chi connectivity index (χ1) is 14.4. The summed E-state index contributed by atoms with van der Waals surface area (Å²) in [6.07, 6.45) is 2.25. The van der Waals surface area contributed by atoms with Gasteiger partial charge in [0.2, 0.25) is 0 Å². The zero-order valence-electron chi connectivity index (χ0n) is 16.9. The van der Waals surface area contributed by atoms with Crippen LogP contribution in [0.2, 0.25) is 0 Å². The van der Waals surface area contributed by atoms with Gasteiger partial charge in [0, 0.05) is 0 Å². The molecule has 0 spiro atoms. The summed E-state index contributed by atoms with van der Waals surface area (Å²) in [6.45, 7) is 0. The fourth-order valence-corrected chi connectivity index (χ4v) is 10.9. The van der Waals surface area contributed by atoms with E-state index >= 15 is 0 Å². The predicted octanol–water partition coefficient (Wildman–Crippen LogP) is 0.716. The van der Waals surface area contributed by atoms with Crippen LogP contribution < -0.4 is 24.8 Å². The Morgan fingerprint density at radius 1 is 0.484 bits per heavy atom. The van der Waals surface area contributed by atoms with E-state index in [4.69, 9.17) is 0 Å². The molecule has 1 heterocycles. The third-order valence-corrected chi connectivity index (χ3v) is 11.8. The van der Waals surface area contributed by atoms with Crippen molar-refractivity contribution in [3.05, 3.63) is 118 Å². The Hall–Kier alpha value is -1.66. The molecule has 150 valence electrons. The van der Waals surface area contributed by atoms with Gasteiger partial charge in [0.1, 0.15) is 0 Å². The molecular formula is C28H20Cl2Zr. The van der Waals surface area contributed by atoms with E-state index in [0.29, 0.717) is 7.25 Å². The van der Waals surface area contributed by atoms with Gasteiger partial charge in [0.05, 0.1) is 0 Å². The molecule has 0 aromatic heterocycles. The van der Waals surface area contributed by atoms with Crippen molar-refractivity contribution in [3.63, 3.8) is 0 Å². The Balaban J connectivity index is 0.00000102. The molecule has 0 amide bonds. The topological polar surface area (TPSA) is 0 Å². The maximum absolute atomic E-state index is 2.43. The second-order valence-corrected chi connectivity index (χ2v) is 12.1. The summed E-state index contributed by atoms with van der Waals surface area (Å²) in [5.41, 5.74) is 15.7. The molecule has 0 radical (unpaired) electrons. The number of hydrogen-bond acceptors (Lipinski definition) is 0. The van der Waals surface area contributed by atoms with Gasteiger partial charge in [-0.3, -0.25) is 0 Å². The molecule has 0 fully saturated rings. The summed E-state index contributed by atoms with van der Waals surface area (Å²) in [4.78, 5) is 0. The summed E-state index contributed by atoms with van der Waals surface area (Å²) < 4.78 is 1.30. The molecule has 0 N–H and O–H groups in total. The van der Waals surface area contributed by atoms with Crippen molar-refractivity contribution in [1.29, 1.82) is 0 Å². The molecule has 4 aromatic carbocycles. The molecule has 2 unspecified atom stereocenters. The molecule has 3 aliphatic rings. The van der Waals surface area contributed by atoms with Crippen LogP contribution in [-0.2, 0) is 36.1 Å². The van der Waals surface area contributed by atoms with Gasteiger partial charge in [0.25, 0.3) is 0 Å². The molecule has 2 aliphatic carbocycles. The normalized spacial score (nSPS) is 18.2. The van der Waals surface area contributed by atoms with Crippen LogP contribution in [0.1, 0.15) is 40.6 Å². The Bertz CT molecular complexity index is 1210. The van der Waals surface area contributed by atoms with Gasteiger partial charge in [-0.05, 0) is 0 Å². The number of hydrogen-bond donors (Lipinski definition) is 0.